The molecule has 2 aliphatic rings. The number of aliphatic hydroxyl groups excluding tert-OH is 3. The highest BCUT2D eigenvalue weighted by atomic mass is 16.6. The fraction of sp³-hybridized carbons (Fsp3) is 0.500. The first-order valence-corrected chi connectivity index (χ1v) is 6.93. The summed E-state index contributed by atoms with van der Waals surface area (Å²) in [6.45, 7) is -0.538. The van der Waals surface area contributed by atoms with Crippen molar-refractivity contribution in [1.29, 1.82) is 0 Å². The second-order valence-corrected chi connectivity index (χ2v) is 5.25. The number of hydrogen-bond donors (Lipinski definition) is 4. The predicted molar refractivity (Wildman–Crippen MR) is 75.6 cm³/mol. The Balaban J connectivity index is 1.92. The number of nitrogens with one attached hydrogen (secondary N) is 1. The van der Waals surface area contributed by atoms with Crippen molar-refractivity contribution < 1.29 is 29.6 Å². The highest BCUT2D eigenvalue weighted by molar-refractivity contribution is 5.96. The van der Waals surface area contributed by atoms with Gasteiger partial charge in [0.25, 0.3) is 0 Å². The van der Waals surface area contributed by atoms with Gasteiger partial charge in [-0.15, -0.1) is 0 Å². The number of fused-ring (bicyclic) bond motifs is 1. The van der Waals surface area contributed by atoms with Crippen molar-refractivity contribution in [2.45, 2.75) is 30.6 Å². The van der Waals surface area contributed by atoms with E-state index < -0.39 is 43.2 Å². The summed E-state index contributed by atoms with van der Waals surface area (Å²) in [6.07, 6.45) is -4.10. The fourth-order valence-electron chi connectivity index (χ4n) is 2.90. The molecule has 3 rings (SSSR count). The summed E-state index contributed by atoms with van der Waals surface area (Å²) < 4.78 is 10.9. The third kappa shape index (κ3) is 2.20. The molecule has 2 amide bonds. The van der Waals surface area contributed by atoms with E-state index in [-0.39, 0.29) is 0 Å². The molecular weight excluding hydrogens is 292 g/mol. The molecule has 0 aromatic heterocycles. The predicted octanol–water partition coefficient (Wildman–Crippen LogP) is -0.968. The standard InChI is InChI=1S/C14H18N2O6/c1-21-9-5-3-2-4-7(9)16-13-10(15-14(16)20)11(19)12(22-13)8(18)6-17/h2-5,8,10-13,17-19H,6H2,1H3,(H,15,20)/t8-,10-,11-,12-,13+/m1/s1. The molecular formula is C14H18N2O6. The molecule has 22 heavy (non-hydrogen) atoms. The van der Waals surface area contributed by atoms with Gasteiger partial charge in [-0.2, -0.15) is 0 Å². The summed E-state index contributed by atoms with van der Waals surface area (Å²) >= 11 is 0. The maximum absolute atomic E-state index is 12.2. The van der Waals surface area contributed by atoms with Gasteiger partial charge in [-0.05, 0) is 12.1 Å². The van der Waals surface area contributed by atoms with Crippen LogP contribution in [-0.4, -0.2) is 65.6 Å². The molecule has 8 nitrogen and oxygen atoms in total. The minimum Gasteiger partial charge on any atom is -0.495 e. The van der Waals surface area contributed by atoms with E-state index in [1.165, 1.54) is 12.0 Å². The van der Waals surface area contributed by atoms with E-state index in [1.54, 1.807) is 24.3 Å². The molecule has 1 aromatic rings. The van der Waals surface area contributed by atoms with Crippen LogP contribution in [0.1, 0.15) is 0 Å². The fourth-order valence-corrected chi connectivity index (χ4v) is 2.90. The summed E-state index contributed by atoms with van der Waals surface area (Å²) in [4.78, 5) is 13.5. The van der Waals surface area contributed by atoms with Gasteiger partial charge in [0.2, 0.25) is 0 Å². The molecule has 1 aromatic carbocycles. The van der Waals surface area contributed by atoms with Gasteiger partial charge in [-0.3, -0.25) is 4.90 Å². The van der Waals surface area contributed by atoms with Crippen LogP contribution >= 0.6 is 0 Å². The minimum absolute atomic E-state index is 0.421. The van der Waals surface area contributed by atoms with Gasteiger partial charge in [0, 0.05) is 0 Å². The summed E-state index contributed by atoms with van der Waals surface area (Å²) in [5, 5.41) is 31.6. The first kappa shape index (κ1) is 15.0. The third-order valence-electron chi connectivity index (χ3n) is 3.98. The largest absolute Gasteiger partial charge is 0.495 e. The van der Waals surface area contributed by atoms with E-state index in [1.807, 2.05) is 0 Å². The molecule has 5 atom stereocenters. The number of carbonyl (C=O) groups excluding carboxylic acids is 1. The lowest BCUT2D eigenvalue weighted by Gasteiger charge is -2.25. The Morgan fingerprint density at radius 2 is 2.18 bits per heavy atom. The first-order chi connectivity index (χ1) is 10.6. The minimum atomic E-state index is -1.22. The van der Waals surface area contributed by atoms with Crippen LogP contribution in [0.5, 0.6) is 5.75 Å². The number of para-hydroxylation sites is 2. The van der Waals surface area contributed by atoms with Crippen LogP contribution in [0.2, 0.25) is 0 Å². The van der Waals surface area contributed by atoms with Gasteiger partial charge in [-0.25, -0.2) is 4.79 Å². The molecule has 2 heterocycles. The number of anilines is 1. The van der Waals surface area contributed by atoms with Crippen molar-refractivity contribution in [3.05, 3.63) is 24.3 Å². The Labute approximate surface area is 126 Å². The van der Waals surface area contributed by atoms with Crippen molar-refractivity contribution in [1.82, 2.24) is 5.32 Å². The average molecular weight is 310 g/mol. The van der Waals surface area contributed by atoms with E-state index in [9.17, 15) is 15.0 Å². The highest BCUT2D eigenvalue weighted by Gasteiger charge is 2.55. The lowest BCUT2D eigenvalue weighted by atomic mass is 10.0. The Morgan fingerprint density at radius 1 is 1.45 bits per heavy atom. The molecule has 0 aliphatic carbocycles. The van der Waals surface area contributed by atoms with Crippen molar-refractivity contribution in [3.63, 3.8) is 0 Å². The van der Waals surface area contributed by atoms with Gasteiger partial charge in [0.15, 0.2) is 6.23 Å². The van der Waals surface area contributed by atoms with E-state index in [2.05, 4.69) is 5.32 Å². The number of benzene rings is 1. The highest BCUT2D eigenvalue weighted by Crippen LogP contribution is 2.37. The lowest BCUT2D eigenvalue weighted by Crippen LogP contribution is -2.45. The number of aliphatic hydroxyl groups is 3. The summed E-state index contributed by atoms with van der Waals surface area (Å²) in [5.41, 5.74) is 0.501. The SMILES string of the molecule is COc1ccccc1N1C(=O)N[C@@H]2[C@@H](O)[C@@H]([C@H](O)CO)O[C@@H]21. The number of nitrogens with zero attached hydrogens (tertiary/aromatic N) is 1. The monoisotopic (exact) mass is 310 g/mol. The van der Waals surface area contributed by atoms with Crippen LogP contribution in [-0.2, 0) is 4.74 Å². The maximum Gasteiger partial charge on any atom is 0.324 e. The van der Waals surface area contributed by atoms with Crippen molar-refractivity contribution >= 4 is 11.7 Å². The quantitative estimate of drug-likeness (QED) is 0.569. The zero-order valence-electron chi connectivity index (χ0n) is 11.9. The molecule has 0 bridgehead atoms. The number of urea groups is 1. The molecule has 0 spiro atoms. The van der Waals surface area contributed by atoms with Crippen LogP contribution in [0, 0.1) is 0 Å². The van der Waals surface area contributed by atoms with E-state index in [0.717, 1.165) is 0 Å². The van der Waals surface area contributed by atoms with Crippen LogP contribution in [0.25, 0.3) is 0 Å². The van der Waals surface area contributed by atoms with Crippen LogP contribution in [0.15, 0.2) is 24.3 Å². The zero-order chi connectivity index (χ0) is 15.9. The second kappa shape index (κ2) is 5.73. The molecule has 4 N–H and O–H groups in total. The maximum atomic E-state index is 12.2. The van der Waals surface area contributed by atoms with Gasteiger partial charge in [0.1, 0.15) is 30.1 Å². The molecule has 0 unspecified atom stereocenters. The van der Waals surface area contributed by atoms with Crippen molar-refractivity contribution in [2.24, 2.45) is 0 Å². The van der Waals surface area contributed by atoms with Crippen LogP contribution in [0.4, 0.5) is 10.5 Å². The second-order valence-electron chi connectivity index (χ2n) is 5.25. The number of hydrogen-bond acceptors (Lipinski definition) is 6. The molecule has 2 saturated heterocycles. The van der Waals surface area contributed by atoms with Crippen molar-refractivity contribution in [2.75, 3.05) is 18.6 Å². The summed E-state index contributed by atoms with van der Waals surface area (Å²) in [5.74, 6) is 0.488. The lowest BCUT2D eigenvalue weighted by molar-refractivity contribution is -0.0804. The van der Waals surface area contributed by atoms with Gasteiger partial charge >= 0.3 is 6.03 Å². The summed E-state index contributed by atoms with van der Waals surface area (Å²) in [6, 6.07) is 5.83. The number of rotatable bonds is 4. The Hall–Kier alpha value is -1.87. The Morgan fingerprint density at radius 3 is 2.86 bits per heavy atom. The van der Waals surface area contributed by atoms with E-state index in [4.69, 9.17) is 14.6 Å². The van der Waals surface area contributed by atoms with Crippen LogP contribution < -0.4 is 15.0 Å². The first-order valence-electron chi connectivity index (χ1n) is 6.93. The summed E-state index contributed by atoms with van der Waals surface area (Å²) in [7, 11) is 1.49. The van der Waals surface area contributed by atoms with Gasteiger partial charge in [0.05, 0.1) is 19.4 Å². The number of methoxy groups -OCH3 is 1. The average Bonchev–Trinajstić information content (AvgIpc) is 3.02. The van der Waals surface area contributed by atoms with Crippen LogP contribution in [0.3, 0.4) is 0 Å². The third-order valence-corrected chi connectivity index (χ3v) is 3.98. The molecule has 120 valence electrons. The molecule has 2 fully saturated rings. The van der Waals surface area contributed by atoms with Gasteiger partial charge < -0.3 is 30.1 Å². The van der Waals surface area contributed by atoms with E-state index >= 15 is 0 Å². The number of carbonyl (C=O) groups is 1. The normalized spacial score (nSPS) is 31.8. The Bertz CT molecular complexity index is 568. The van der Waals surface area contributed by atoms with E-state index in [0.29, 0.717) is 11.4 Å². The zero-order valence-corrected chi connectivity index (χ0v) is 11.9. The number of amides is 2. The Kier molecular flexibility index (Phi) is 3.92. The smallest absolute Gasteiger partial charge is 0.324 e. The molecule has 2 aliphatic heterocycles. The van der Waals surface area contributed by atoms with Crippen molar-refractivity contribution in [3.8, 4) is 5.75 Å². The topological polar surface area (TPSA) is 111 Å². The molecule has 8 heteroatoms. The number of ether oxygens (including phenoxy) is 2. The van der Waals surface area contributed by atoms with Gasteiger partial charge in [-0.1, -0.05) is 12.1 Å². The molecule has 0 saturated carbocycles. The molecule has 0 radical (unpaired) electrons.